The molecule has 0 amide bonds. The lowest BCUT2D eigenvalue weighted by atomic mass is 10.1. The predicted octanol–water partition coefficient (Wildman–Crippen LogP) is 2.21. The van der Waals surface area contributed by atoms with Gasteiger partial charge in [-0.1, -0.05) is 11.3 Å². The van der Waals surface area contributed by atoms with Crippen LogP contribution in [0.25, 0.3) is 12.2 Å². The Bertz CT molecular complexity index is 677. The van der Waals surface area contributed by atoms with Gasteiger partial charge < -0.3 is 15.3 Å². The number of aromatic nitrogens is 2. The Labute approximate surface area is 120 Å². The van der Waals surface area contributed by atoms with E-state index >= 15 is 0 Å². The number of phenols is 3. The van der Waals surface area contributed by atoms with Crippen molar-refractivity contribution >= 4 is 23.5 Å². The van der Waals surface area contributed by atoms with E-state index in [9.17, 15) is 15.3 Å². The second-order valence-electron chi connectivity index (χ2n) is 4.17. The molecule has 3 N–H and O–H groups in total. The smallest absolute Gasteiger partial charge is 0.289 e. The number of hydrogen-bond donors (Lipinski definition) is 3. The van der Waals surface area contributed by atoms with Crippen LogP contribution in [0.3, 0.4) is 0 Å². The van der Waals surface area contributed by atoms with Crippen molar-refractivity contribution in [1.82, 2.24) is 5.10 Å². The van der Waals surface area contributed by atoms with E-state index in [2.05, 4.69) is 11.7 Å². The summed E-state index contributed by atoms with van der Waals surface area (Å²) in [5.74, 6) is -0.737. The van der Waals surface area contributed by atoms with Gasteiger partial charge in [-0.25, -0.2) is 0 Å². The molecule has 1 heterocycles. The second-order valence-corrected chi connectivity index (χ2v) is 5.38. The van der Waals surface area contributed by atoms with Gasteiger partial charge in [-0.3, -0.25) is 0 Å². The summed E-state index contributed by atoms with van der Waals surface area (Å²) in [6.07, 6.45) is 5.12. The van der Waals surface area contributed by atoms with Gasteiger partial charge in [0, 0.05) is 22.8 Å². The fraction of sp³-hybridized carbons (Fsp3) is 0.143. The highest BCUT2D eigenvalue weighted by Crippen LogP contribution is 2.34. The van der Waals surface area contributed by atoms with Crippen molar-refractivity contribution in [2.24, 2.45) is 0 Å². The molecule has 2 rings (SSSR count). The number of rotatable bonds is 4. The van der Waals surface area contributed by atoms with E-state index < -0.39 is 0 Å². The Kier molecular flexibility index (Phi) is 4.05. The Morgan fingerprint density at radius 1 is 1.30 bits per heavy atom. The van der Waals surface area contributed by atoms with Crippen molar-refractivity contribution in [1.29, 1.82) is 0 Å². The zero-order chi connectivity index (χ0) is 14.7. The van der Waals surface area contributed by atoms with Crippen LogP contribution in [0.4, 0.5) is 0 Å². The minimum atomic E-state index is -0.357. The molecule has 1 aromatic carbocycles. The maximum Gasteiger partial charge on any atom is 0.289 e. The predicted molar refractivity (Wildman–Crippen MR) is 77.6 cm³/mol. The maximum atomic E-state index is 9.73. The van der Waals surface area contributed by atoms with Crippen LogP contribution in [-0.2, 0) is 6.54 Å². The monoisotopic (exact) mass is 291 g/mol. The molecule has 20 heavy (non-hydrogen) atoms. The van der Waals surface area contributed by atoms with Gasteiger partial charge >= 0.3 is 0 Å². The molecule has 0 aliphatic carbocycles. The molecule has 0 saturated carbocycles. The standard InChI is InChI=1S/C14H14N2O3S/c1-3-6-16-13(20-9(2)15-16)5-4-10-7-11(17)8-12(18)14(10)19/h3-5,7-8,17-18H,1,6H2,2H3/p+1. The number of phenolic OH excluding ortho intramolecular Hbond substituents is 3. The Morgan fingerprint density at radius 3 is 2.75 bits per heavy atom. The number of benzene rings is 1. The maximum absolute atomic E-state index is 9.73. The van der Waals surface area contributed by atoms with E-state index in [4.69, 9.17) is 0 Å². The minimum Gasteiger partial charge on any atom is -0.508 e. The van der Waals surface area contributed by atoms with Gasteiger partial charge in [0.25, 0.3) is 5.01 Å². The first-order valence-corrected chi connectivity index (χ1v) is 6.74. The average Bonchev–Trinajstić information content (AvgIpc) is 2.73. The van der Waals surface area contributed by atoms with Crippen molar-refractivity contribution < 1.29 is 20.0 Å². The minimum absolute atomic E-state index is 0.112. The largest absolute Gasteiger partial charge is 0.508 e. The highest BCUT2D eigenvalue weighted by molar-refractivity contribution is 7.11. The van der Waals surface area contributed by atoms with Gasteiger partial charge in [-0.15, -0.1) is 0 Å². The number of hydrogen-bond acceptors (Lipinski definition) is 5. The van der Waals surface area contributed by atoms with Crippen molar-refractivity contribution in [3.05, 3.63) is 40.4 Å². The number of allylic oxidation sites excluding steroid dienone is 1. The van der Waals surface area contributed by atoms with Gasteiger partial charge in [-0.05, 0) is 36.5 Å². The summed E-state index contributed by atoms with van der Waals surface area (Å²) in [6.45, 7) is 6.16. The van der Waals surface area contributed by atoms with E-state index in [0.29, 0.717) is 12.1 Å². The van der Waals surface area contributed by atoms with Crippen LogP contribution in [0.1, 0.15) is 15.6 Å². The molecular formula is C14H15N2O3S+. The van der Waals surface area contributed by atoms with Crippen LogP contribution in [0.15, 0.2) is 24.8 Å². The van der Waals surface area contributed by atoms with Crippen LogP contribution < -0.4 is 4.68 Å². The topological polar surface area (TPSA) is 77.5 Å². The number of nitrogens with zero attached hydrogens (tertiary/aromatic N) is 2. The third-order valence-corrected chi connectivity index (χ3v) is 3.51. The molecule has 0 spiro atoms. The summed E-state index contributed by atoms with van der Waals surface area (Å²) in [5, 5.41) is 34.7. The van der Waals surface area contributed by atoms with Gasteiger partial charge in [0.1, 0.15) is 5.75 Å². The fourth-order valence-electron chi connectivity index (χ4n) is 1.73. The number of aromatic hydroxyl groups is 3. The Morgan fingerprint density at radius 2 is 2.05 bits per heavy atom. The second kappa shape index (κ2) is 5.75. The third-order valence-electron chi connectivity index (χ3n) is 2.58. The first kappa shape index (κ1) is 14.1. The first-order valence-electron chi connectivity index (χ1n) is 5.92. The molecule has 0 aliphatic rings. The molecule has 0 unspecified atom stereocenters. The summed E-state index contributed by atoms with van der Waals surface area (Å²) in [7, 11) is 0. The van der Waals surface area contributed by atoms with E-state index in [1.807, 2.05) is 6.92 Å². The molecule has 0 aliphatic heterocycles. The third kappa shape index (κ3) is 2.97. The fourth-order valence-corrected chi connectivity index (χ4v) is 2.53. The molecule has 0 fully saturated rings. The lowest BCUT2D eigenvalue weighted by molar-refractivity contribution is -0.741. The first-order chi connectivity index (χ1) is 9.51. The van der Waals surface area contributed by atoms with Crippen LogP contribution in [-0.4, -0.2) is 20.4 Å². The van der Waals surface area contributed by atoms with Crippen LogP contribution in [0, 0.1) is 6.92 Å². The van der Waals surface area contributed by atoms with Crippen LogP contribution in [0.5, 0.6) is 17.2 Å². The van der Waals surface area contributed by atoms with Gasteiger partial charge in [0.15, 0.2) is 23.1 Å². The van der Waals surface area contributed by atoms with Gasteiger partial charge in [0.2, 0.25) is 0 Å². The molecular weight excluding hydrogens is 276 g/mol. The molecule has 2 aromatic rings. The van der Waals surface area contributed by atoms with E-state index in [0.717, 1.165) is 16.1 Å². The molecule has 5 nitrogen and oxygen atoms in total. The molecule has 0 radical (unpaired) electrons. The summed E-state index contributed by atoms with van der Waals surface area (Å²) in [4.78, 5) is 0. The van der Waals surface area contributed by atoms with Crippen molar-refractivity contribution in [3.63, 3.8) is 0 Å². The quantitative estimate of drug-likeness (QED) is 0.349. The average molecular weight is 291 g/mol. The summed E-state index contributed by atoms with van der Waals surface area (Å²) < 4.78 is 1.78. The lowest BCUT2D eigenvalue weighted by Gasteiger charge is -2.02. The van der Waals surface area contributed by atoms with E-state index in [1.165, 1.54) is 17.4 Å². The lowest BCUT2D eigenvalue weighted by Crippen LogP contribution is -2.37. The normalized spacial score (nSPS) is 11.1. The van der Waals surface area contributed by atoms with E-state index in [-0.39, 0.29) is 17.2 Å². The van der Waals surface area contributed by atoms with Gasteiger partial charge in [-0.2, -0.15) is 0 Å². The SMILES string of the molecule is C=CC[n+]1nc(C)sc1C=Cc1cc(O)cc(O)c1O. The Hall–Kier alpha value is -2.34. The molecule has 6 heteroatoms. The van der Waals surface area contributed by atoms with Crippen LogP contribution >= 0.6 is 11.3 Å². The van der Waals surface area contributed by atoms with Crippen molar-refractivity contribution in [2.75, 3.05) is 0 Å². The molecule has 0 saturated heterocycles. The molecule has 1 aromatic heterocycles. The number of aryl methyl sites for hydroxylation is 1. The van der Waals surface area contributed by atoms with Gasteiger partial charge in [0.05, 0.1) is 0 Å². The zero-order valence-corrected chi connectivity index (χ0v) is 11.8. The molecule has 104 valence electrons. The summed E-state index contributed by atoms with van der Waals surface area (Å²) in [5.41, 5.74) is 0.332. The van der Waals surface area contributed by atoms with Crippen LogP contribution in [0.2, 0.25) is 0 Å². The zero-order valence-electron chi connectivity index (χ0n) is 10.9. The van der Waals surface area contributed by atoms with E-state index in [1.54, 1.807) is 22.9 Å². The van der Waals surface area contributed by atoms with Crippen molar-refractivity contribution in [3.8, 4) is 17.2 Å². The summed E-state index contributed by atoms with van der Waals surface area (Å²) in [6, 6.07) is 2.46. The highest BCUT2D eigenvalue weighted by atomic mass is 32.1. The van der Waals surface area contributed by atoms with Crippen molar-refractivity contribution in [2.45, 2.75) is 13.5 Å². The summed E-state index contributed by atoms with van der Waals surface area (Å²) >= 11 is 1.50. The molecule has 0 bridgehead atoms. The molecule has 0 atom stereocenters. The highest BCUT2D eigenvalue weighted by Gasteiger charge is 2.14. The Balaban J connectivity index is 2.36.